The predicted octanol–water partition coefficient (Wildman–Crippen LogP) is 0.730. The molecule has 1 aromatic carbocycles. The van der Waals surface area contributed by atoms with Gasteiger partial charge in [-0.15, -0.1) is 0 Å². The second-order valence-electron chi connectivity index (χ2n) is 4.74. The van der Waals surface area contributed by atoms with Crippen molar-refractivity contribution in [2.24, 2.45) is 0 Å². The van der Waals surface area contributed by atoms with E-state index in [2.05, 4.69) is 10.2 Å². The smallest absolute Gasteiger partial charge is 0.124 e. The SMILES string of the molecule is COc1ccc([C@@H](CCO)N2CCNCC2)c(O)c1. The lowest BCUT2D eigenvalue weighted by atomic mass is 10.00. The van der Waals surface area contributed by atoms with Gasteiger partial charge < -0.3 is 20.3 Å². The third-order valence-corrected chi connectivity index (χ3v) is 3.59. The fraction of sp³-hybridized carbons (Fsp3) is 0.571. The lowest BCUT2D eigenvalue weighted by Gasteiger charge is -2.35. The van der Waals surface area contributed by atoms with Crippen LogP contribution < -0.4 is 10.1 Å². The van der Waals surface area contributed by atoms with Gasteiger partial charge in [-0.2, -0.15) is 0 Å². The standard InChI is InChI=1S/C14H22N2O3/c1-19-11-2-3-12(14(18)10-11)13(4-9-17)16-7-5-15-6-8-16/h2-3,10,13,15,17-18H,4-9H2,1H3/t13-/m1/s1. The highest BCUT2D eigenvalue weighted by molar-refractivity contribution is 5.41. The number of hydrogen-bond donors (Lipinski definition) is 3. The van der Waals surface area contributed by atoms with Crippen LogP contribution in [0.25, 0.3) is 0 Å². The molecule has 0 saturated carbocycles. The van der Waals surface area contributed by atoms with E-state index in [-0.39, 0.29) is 18.4 Å². The van der Waals surface area contributed by atoms with Gasteiger partial charge in [-0.3, -0.25) is 4.90 Å². The number of aliphatic hydroxyl groups excluding tert-OH is 1. The highest BCUT2D eigenvalue weighted by Crippen LogP contribution is 2.33. The summed E-state index contributed by atoms with van der Waals surface area (Å²) in [4.78, 5) is 2.30. The number of nitrogens with one attached hydrogen (secondary N) is 1. The quantitative estimate of drug-likeness (QED) is 0.733. The summed E-state index contributed by atoms with van der Waals surface area (Å²) in [5, 5.41) is 22.7. The van der Waals surface area contributed by atoms with Crippen LogP contribution in [0.3, 0.4) is 0 Å². The van der Waals surface area contributed by atoms with Gasteiger partial charge in [-0.1, -0.05) is 6.07 Å². The van der Waals surface area contributed by atoms with E-state index in [4.69, 9.17) is 4.74 Å². The van der Waals surface area contributed by atoms with Crippen molar-refractivity contribution in [3.05, 3.63) is 23.8 Å². The molecule has 3 N–H and O–H groups in total. The molecule has 2 rings (SSSR count). The largest absolute Gasteiger partial charge is 0.507 e. The van der Waals surface area contributed by atoms with Gasteiger partial charge in [-0.05, 0) is 12.5 Å². The third-order valence-electron chi connectivity index (χ3n) is 3.59. The van der Waals surface area contributed by atoms with Crippen molar-refractivity contribution < 1.29 is 14.9 Å². The van der Waals surface area contributed by atoms with Gasteiger partial charge in [0.1, 0.15) is 11.5 Å². The highest BCUT2D eigenvalue weighted by atomic mass is 16.5. The molecule has 1 heterocycles. The first-order chi connectivity index (χ1) is 9.26. The number of phenols is 1. The molecule has 5 nitrogen and oxygen atoms in total. The Balaban J connectivity index is 2.22. The highest BCUT2D eigenvalue weighted by Gasteiger charge is 2.24. The molecule has 0 radical (unpaired) electrons. The average Bonchev–Trinajstić information content (AvgIpc) is 2.46. The normalized spacial score (nSPS) is 18.2. The van der Waals surface area contributed by atoms with E-state index in [0.717, 1.165) is 31.7 Å². The number of phenolic OH excluding ortho intramolecular Hbond substituents is 1. The minimum atomic E-state index is 0.0537. The lowest BCUT2D eigenvalue weighted by Crippen LogP contribution is -2.45. The number of benzene rings is 1. The number of methoxy groups -OCH3 is 1. The molecule has 1 aromatic rings. The minimum absolute atomic E-state index is 0.0537. The zero-order valence-electron chi connectivity index (χ0n) is 11.3. The summed E-state index contributed by atoms with van der Waals surface area (Å²) in [5.74, 6) is 0.876. The first-order valence-corrected chi connectivity index (χ1v) is 6.68. The molecule has 0 aliphatic carbocycles. The van der Waals surface area contributed by atoms with Crippen molar-refractivity contribution in [1.29, 1.82) is 0 Å². The van der Waals surface area contributed by atoms with Crippen LogP contribution >= 0.6 is 0 Å². The van der Waals surface area contributed by atoms with Crippen LogP contribution in [0.5, 0.6) is 11.5 Å². The van der Waals surface area contributed by atoms with E-state index in [9.17, 15) is 10.2 Å². The maximum Gasteiger partial charge on any atom is 0.124 e. The monoisotopic (exact) mass is 266 g/mol. The van der Waals surface area contributed by atoms with Crippen LogP contribution in [-0.2, 0) is 0 Å². The molecular formula is C14H22N2O3. The van der Waals surface area contributed by atoms with E-state index < -0.39 is 0 Å². The number of aromatic hydroxyl groups is 1. The molecule has 0 aromatic heterocycles. The Hall–Kier alpha value is -1.30. The number of ether oxygens (including phenoxy) is 1. The Labute approximate surface area is 113 Å². The van der Waals surface area contributed by atoms with Crippen LogP contribution in [0.2, 0.25) is 0 Å². The molecule has 1 fully saturated rings. The van der Waals surface area contributed by atoms with Crippen molar-refractivity contribution in [3.63, 3.8) is 0 Å². The van der Waals surface area contributed by atoms with Crippen LogP contribution in [0.1, 0.15) is 18.0 Å². The minimum Gasteiger partial charge on any atom is -0.507 e. The van der Waals surface area contributed by atoms with Crippen molar-refractivity contribution in [2.45, 2.75) is 12.5 Å². The molecule has 1 aliphatic rings. The van der Waals surface area contributed by atoms with Crippen LogP contribution in [-0.4, -0.2) is 55.0 Å². The zero-order valence-corrected chi connectivity index (χ0v) is 11.3. The summed E-state index contributed by atoms with van der Waals surface area (Å²) in [7, 11) is 1.58. The lowest BCUT2D eigenvalue weighted by molar-refractivity contribution is 0.139. The molecule has 1 aliphatic heterocycles. The van der Waals surface area contributed by atoms with Gasteiger partial charge in [0.15, 0.2) is 0 Å². The first-order valence-electron chi connectivity index (χ1n) is 6.68. The second kappa shape index (κ2) is 6.75. The summed E-state index contributed by atoms with van der Waals surface area (Å²) in [6.07, 6.45) is 0.625. The molecule has 19 heavy (non-hydrogen) atoms. The fourth-order valence-electron chi connectivity index (χ4n) is 2.58. The summed E-state index contributed by atoms with van der Waals surface area (Å²) in [5.41, 5.74) is 0.858. The van der Waals surface area contributed by atoms with Crippen molar-refractivity contribution in [3.8, 4) is 11.5 Å². The Morgan fingerprint density at radius 3 is 2.68 bits per heavy atom. The molecular weight excluding hydrogens is 244 g/mol. The predicted molar refractivity (Wildman–Crippen MR) is 73.5 cm³/mol. The maximum absolute atomic E-state index is 10.1. The van der Waals surface area contributed by atoms with Gasteiger partial charge in [0, 0.05) is 50.5 Å². The fourth-order valence-corrected chi connectivity index (χ4v) is 2.58. The number of nitrogens with zero attached hydrogens (tertiary/aromatic N) is 1. The summed E-state index contributed by atoms with van der Waals surface area (Å²) >= 11 is 0. The van der Waals surface area contributed by atoms with Gasteiger partial charge in [0.05, 0.1) is 7.11 Å². The van der Waals surface area contributed by atoms with Crippen LogP contribution in [0.4, 0.5) is 0 Å². The number of piperazine rings is 1. The van der Waals surface area contributed by atoms with Crippen molar-refractivity contribution in [2.75, 3.05) is 39.9 Å². The number of aliphatic hydroxyl groups is 1. The average molecular weight is 266 g/mol. The van der Waals surface area contributed by atoms with Crippen molar-refractivity contribution >= 4 is 0 Å². The van der Waals surface area contributed by atoms with Gasteiger partial charge in [0.25, 0.3) is 0 Å². The molecule has 1 saturated heterocycles. The topological polar surface area (TPSA) is 65.0 Å². The third kappa shape index (κ3) is 3.37. The Bertz CT molecular complexity index is 406. The van der Waals surface area contributed by atoms with E-state index in [1.54, 1.807) is 13.2 Å². The van der Waals surface area contributed by atoms with Gasteiger partial charge in [-0.25, -0.2) is 0 Å². The summed E-state index contributed by atoms with van der Waals surface area (Å²) in [6, 6.07) is 5.41. The first kappa shape index (κ1) is 14.1. The second-order valence-corrected chi connectivity index (χ2v) is 4.74. The van der Waals surface area contributed by atoms with Gasteiger partial charge >= 0.3 is 0 Å². The van der Waals surface area contributed by atoms with Crippen LogP contribution in [0.15, 0.2) is 18.2 Å². The Morgan fingerprint density at radius 2 is 2.11 bits per heavy atom. The molecule has 0 amide bonds. The Kier molecular flexibility index (Phi) is 5.01. The van der Waals surface area contributed by atoms with E-state index in [0.29, 0.717) is 12.2 Å². The molecule has 0 bridgehead atoms. The molecule has 5 heteroatoms. The maximum atomic E-state index is 10.1. The molecule has 1 atom stereocenters. The number of rotatable bonds is 5. The number of hydrogen-bond acceptors (Lipinski definition) is 5. The molecule has 0 spiro atoms. The molecule has 106 valence electrons. The van der Waals surface area contributed by atoms with E-state index in [1.807, 2.05) is 12.1 Å². The summed E-state index contributed by atoms with van der Waals surface area (Å²) < 4.78 is 5.10. The van der Waals surface area contributed by atoms with E-state index >= 15 is 0 Å². The Morgan fingerprint density at radius 1 is 1.37 bits per heavy atom. The van der Waals surface area contributed by atoms with Gasteiger partial charge in [0.2, 0.25) is 0 Å². The van der Waals surface area contributed by atoms with E-state index in [1.165, 1.54) is 0 Å². The summed E-state index contributed by atoms with van der Waals surface area (Å²) in [6.45, 7) is 3.85. The molecule has 0 unspecified atom stereocenters. The van der Waals surface area contributed by atoms with Crippen LogP contribution in [0, 0.1) is 0 Å². The van der Waals surface area contributed by atoms with Crippen molar-refractivity contribution in [1.82, 2.24) is 10.2 Å². The zero-order chi connectivity index (χ0) is 13.7.